The van der Waals surface area contributed by atoms with Crippen LogP contribution in [-0.2, 0) is 4.74 Å². The van der Waals surface area contributed by atoms with Crippen LogP contribution in [0.3, 0.4) is 0 Å². The Morgan fingerprint density at radius 1 is 0.947 bits per heavy atom. The van der Waals surface area contributed by atoms with E-state index < -0.39 is 40.7 Å². The predicted molar refractivity (Wildman–Crippen MR) is 59.1 cm³/mol. The van der Waals surface area contributed by atoms with Crippen molar-refractivity contribution in [3.05, 3.63) is 34.6 Å². The summed E-state index contributed by atoms with van der Waals surface area (Å²) < 4.78 is 71.1. The summed E-state index contributed by atoms with van der Waals surface area (Å²) in [6.45, 7) is 1.96. The third-order valence-electron chi connectivity index (χ3n) is 2.57. The molecule has 0 radical (unpaired) electrons. The molecule has 2 nitrogen and oxygen atoms in total. The van der Waals surface area contributed by atoms with E-state index in [-0.39, 0.29) is 6.61 Å². The molecule has 1 N–H and O–H groups in total. The number of halogens is 5. The van der Waals surface area contributed by atoms with Crippen LogP contribution in [-0.4, -0.2) is 20.3 Å². The van der Waals surface area contributed by atoms with Crippen LogP contribution in [0.5, 0.6) is 0 Å². The Kier molecular flexibility index (Phi) is 5.68. The first-order chi connectivity index (χ1) is 8.95. The minimum atomic E-state index is -2.16. The summed E-state index contributed by atoms with van der Waals surface area (Å²) in [4.78, 5) is 0. The van der Waals surface area contributed by atoms with Crippen LogP contribution in [0, 0.1) is 29.1 Å². The summed E-state index contributed by atoms with van der Waals surface area (Å²) in [6, 6.07) is -1.11. The highest BCUT2D eigenvalue weighted by Gasteiger charge is 2.29. The fourth-order valence-electron chi connectivity index (χ4n) is 1.58. The number of rotatable bonds is 6. The Balaban J connectivity index is 3.16. The van der Waals surface area contributed by atoms with E-state index in [2.05, 4.69) is 5.32 Å². The van der Waals surface area contributed by atoms with Crippen LogP contribution < -0.4 is 5.32 Å². The summed E-state index contributed by atoms with van der Waals surface area (Å²) in [6.07, 6.45) is 0.674. The fraction of sp³-hybridized carbons (Fsp3) is 0.500. The lowest BCUT2D eigenvalue weighted by molar-refractivity contribution is 0.111. The smallest absolute Gasteiger partial charge is 0.200 e. The van der Waals surface area contributed by atoms with Crippen molar-refractivity contribution in [1.29, 1.82) is 0 Å². The van der Waals surface area contributed by atoms with Gasteiger partial charge in [-0.05, 0) is 13.5 Å². The van der Waals surface area contributed by atoms with Crippen molar-refractivity contribution in [2.24, 2.45) is 0 Å². The maximum atomic E-state index is 13.5. The van der Waals surface area contributed by atoms with Gasteiger partial charge in [-0.1, -0.05) is 6.92 Å². The molecule has 0 aromatic heterocycles. The van der Waals surface area contributed by atoms with Gasteiger partial charge in [0, 0.05) is 12.2 Å². The molecule has 108 valence electrons. The molecular formula is C12H14F5NO. The van der Waals surface area contributed by atoms with E-state index in [1.807, 2.05) is 6.92 Å². The van der Waals surface area contributed by atoms with E-state index >= 15 is 0 Å². The Morgan fingerprint density at radius 3 is 1.84 bits per heavy atom. The van der Waals surface area contributed by atoms with Gasteiger partial charge in [-0.25, -0.2) is 22.0 Å². The average molecular weight is 283 g/mol. The van der Waals surface area contributed by atoms with Crippen LogP contribution >= 0.6 is 0 Å². The summed E-state index contributed by atoms with van der Waals surface area (Å²) in [7, 11) is 1.35. The minimum Gasteiger partial charge on any atom is -0.379 e. The van der Waals surface area contributed by atoms with Crippen LogP contribution in [0.1, 0.15) is 24.9 Å². The van der Waals surface area contributed by atoms with Gasteiger partial charge in [-0.3, -0.25) is 0 Å². The SMILES string of the molecule is CCCOCC(NC)c1c(F)c(F)c(F)c(F)c1F. The normalized spacial score (nSPS) is 12.8. The third kappa shape index (κ3) is 3.22. The molecule has 0 saturated heterocycles. The molecule has 1 atom stereocenters. The van der Waals surface area contributed by atoms with E-state index in [0.29, 0.717) is 13.0 Å². The maximum Gasteiger partial charge on any atom is 0.200 e. The van der Waals surface area contributed by atoms with E-state index in [4.69, 9.17) is 4.74 Å². The first-order valence-electron chi connectivity index (χ1n) is 5.71. The van der Waals surface area contributed by atoms with Crippen molar-refractivity contribution in [1.82, 2.24) is 5.32 Å². The van der Waals surface area contributed by atoms with Gasteiger partial charge in [0.25, 0.3) is 0 Å². The maximum absolute atomic E-state index is 13.5. The van der Waals surface area contributed by atoms with Gasteiger partial charge in [0.1, 0.15) is 0 Å². The Morgan fingerprint density at radius 2 is 1.42 bits per heavy atom. The molecule has 0 bridgehead atoms. The van der Waals surface area contributed by atoms with Crippen molar-refractivity contribution < 1.29 is 26.7 Å². The number of nitrogens with one attached hydrogen (secondary N) is 1. The molecule has 1 rings (SSSR count). The standard InChI is InChI=1S/C12H14F5NO/c1-3-4-19-5-6(18-2)7-8(13)10(15)12(17)11(16)9(7)14/h6,18H,3-5H2,1-2H3. The number of ether oxygens (including phenoxy) is 1. The Bertz CT molecular complexity index is 423. The molecule has 0 spiro atoms. The van der Waals surface area contributed by atoms with Crippen molar-refractivity contribution in [3.8, 4) is 0 Å². The Hall–Kier alpha value is -1.21. The largest absolute Gasteiger partial charge is 0.379 e. The summed E-state index contributed by atoms with van der Waals surface area (Å²) in [5.41, 5.74) is -0.907. The lowest BCUT2D eigenvalue weighted by Crippen LogP contribution is -2.26. The first-order valence-corrected chi connectivity index (χ1v) is 5.71. The summed E-state index contributed by atoms with van der Waals surface area (Å²) in [5, 5.41) is 2.47. The third-order valence-corrected chi connectivity index (χ3v) is 2.57. The molecule has 0 heterocycles. The molecule has 19 heavy (non-hydrogen) atoms. The molecule has 0 saturated carbocycles. The molecule has 0 aliphatic heterocycles. The van der Waals surface area contributed by atoms with Crippen LogP contribution in [0.4, 0.5) is 22.0 Å². The summed E-state index contributed by atoms with van der Waals surface area (Å²) in [5.74, 6) is -9.75. The molecule has 0 aliphatic carbocycles. The van der Waals surface area contributed by atoms with E-state index in [1.54, 1.807) is 0 Å². The zero-order valence-corrected chi connectivity index (χ0v) is 10.5. The second-order valence-corrected chi connectivity index (χ2v) is 3.90. The molecular weight excluding hydrogens is 269 g/mol. The lowest BCUT2D eigenvalue weighted by Gasteiger charge is -2.19. The van der Waals surface area contributed by atoms with Crippen molar-refractivity contribution in [2.45, 2.75) is 19.4 Å². The van der Waals surface area contributed by atoms with Gasteiger partial charge in [0.15, 0.2) is 23.3 Å². The second-order valence-electron chi connectivity index (χ2n) is 3.90. The van der Waals surface area contributed by atoms with Crippen molar-refractivity contribution in [3.63, 3.8) is 0 Å². The van der Waals surface area contributed by atoms with Crippen LogP contribution in [0.2, 0.25) is 0 Å². The zero-order valence-electron chi connectivity index (χ0n) is 10.5. The molecule has 0 fully saturated rings. The molecule has 0 aliphatic rings. The molecule has 1 aromatic carbocycles. The van der Waals surface area contributed by atoms with E-state index in [9.17, 15) is 22.0 Å². The molecule has 7 heteroatoms. The van der Waals surface area contributed by atoms with E-state index in [0.717, 1.165) is 0 Å². The van der Waals surface area contributed by atoms with Gasteiger partial charge in [-0.2, -0.15) is 0 Å². The second kappa shape index (κ2) is 6.81. The van der Waals surface area contributed by atoms with Gasteiger partial charge in [0.05, 0.1) is 12.6 Å². The van der Waals surface area contributed by atoms with Crippen LogP contribution in [0.25, 0.3) is 0 Å². The zero-order chi connectivity index (χ0) is 14.6. The fourth-order valence-corrected chi connectivity index (χ4v) is 1.58. The minimum absolute atomic E-state index is 0.192. The van der Waals surface area contributed by atoms with Crippen LogP contribution in [0.15, 0.2) is 0 Å². The number of likely N-dealkylation sites (N-methyl/N-ethyl adjacent to an activating group) is 1. The molecule has 0 amide bonds. The number of benzene rings is 1. The highest BCUT2D eigenvalue weighted by molar-refractivity contribution is 5.27. The molecule has 1 unspecified atom stereocenters. The van der Waals surface area contributed by atoms with Gasteiger partial charge >= 0.3 is 0 Å². The first kappa shape index (κ1) is 15.8. The average Bonchev–Trinajstić information content (AvgIpc) is 2.41. The van der Waals surface area contributed by atoms with Gasteiger partial charge < -0.3 is 10.1 Å². The van der Waals surface area contributed by atoms with Gasteiger partial charge in [0.2, 0.25) is 5.82 Å². The van der Waals surface area contributed by atoms with Crippen molar-refractivity contribution >= 4 is 0 Å². The van der Waals surface area contributed by atoms with Gasteiger partial charge in [-0.15, -0.1) is 0 Å². The number of hydrogen-bond donors (Lipinski definition) is 1. The highest BCUT2D eigenvalue weighted by Crippen LogP contribution is 2.27. The number of hydrogen-bond acceptors (Lipinski definition) is 2. The quantitative estimate of drug-likeness (QED) is 0.375. The monoisotopic (exact) mass is 283 g/mol. The highest BCUT2D eigenvalue weighted by atomic mass is 19.2. The van der Waals surface area contributed by atoms with E-state index in [1.165, 1.54) is 7.05 Å². The van der Waals surface area contributed by atoms with Crippen molar-refractivity contribution in [2.75, 3.05) is 20.3 Å². The molecule has 1 aromatic rings. The topological polar surface area (TPSA) is 21.3 Å². The lowest BCUT2D eigenvalue weighted by atomic mass is 10.1. The summed E-state index contributed by atoms with van der Waals surface area (Å²) >= 11 is 0. The predicted octanol–water partition coefficient (Wildman–Crippen LogP) is 3.07. The Labute approximate surface area is 107 Å².